The number of carbonyl (C=O) groups excluding carboxylic acids is 3. The van der Waals surface area contributed by atoms with Crippen molar-refractivity contribution in [3.63, 3.8) is 0 Å². The van der Waals surface area contributed by atoms with E-state index in [1.165, 1.54) is 0 Å². The van der Waals surface area contributed by atoms with Crippen molar-refractivity contribution in [3.05, 3.63) is 22.7 Å². The Bertz CT molecular complexity index is 1750. The van der Waals surface area contributed by atoms with Gasteiger partial charge in [0.05, 0.1) is 46.8 Å². The maximum atomic E-state index is 12.6. The molecule has 0 aromatic carbocycles. The molecular weight excluding hydrogens is 877 g/mol. The van der Waals surface area contributed by atoms with Crippen LogP contribution in [0.2, 0.25) is 0 Å². The van der Waals surface area contributed by atoms with Crippen molar-refractivity contribution in [3.8, 4) is 0 Å². The number of ether oxygens (including phenoxy) is 10. The fraction of sp³-hybridized carbons (Fsp3) is 0.865. The highest BCUT2D eigenvalue weighted by Gasteiger charge is 2.51. The molecule has 1 N–H and O–H groups in total. The number of carbonyl (C=O) groups is 3. The lowest BCUT2D eigenvalue weighted by Gasteiger charge is -2.48. The number of hydrogen-bond acceptors (Lipinski definition) is 16. The first-order valence-corrected chi connectivity index (χ1v) is 24.7. The van der Waals surface area contributed by atoms with E-state index in [1.54, 1.807) is 55.8 Å². The van der Waals surface area contributed by atoms with Crippen molar-refractivity contribution in [1.82, 2.24) is 9.80 Å². The largest absolute Gasteiger partial charge is 0.456 e. The number of aldehydes is 1. The second kappa shape index (κ2) is 24.2. The van der Waals surface area contributed by atoms with Crippen molar-refractivity contribution in [2.24, 2.45) is 35.5 Å². The molecule has 68 heavy (non-hydrogen) atoms. The van der Waals surface area contributed by atoms with Gasteiger partial charge in [0, 0.05) is 90.2 Å². The van der Waals surface area contributed by atoms with E-state index in [9.17, 15) is 19.5 Å². The molecule has 394 valence electrons. The van der Waals surface area contributed by atoms with E-state index in [0.29, 0.717) is 41.5 Å². The Morgan fingerprint density at radius 2 is 1.03 bits per heavy atom. The summed E-state index contributed by atoms with van der Waals surface area (Å²) in [6, 6.07) is 0.587. The molecule has 0 radical (unpaired) electrons. The van der Waals surface area contributed by atoms with Crippen molar-refractivity contribution in [2.45, 2.75) is 208 Å². The van der Waals surface area contributed by atoms with Crippen LogP contribution in [-0.4, -0.2) is 154 Å². The number of cyclic esters (lactones) is 2. The van der Waals surface area contributed by atoms with E-state index in [1.807, 2.05) is 41.5 Å². The molecule has 0 bridgehead atoms. The van der Waals surface area contributed by atoms with Crippen LogP contribution in [0, 0.1) is 35.5 Å². The minimum atomic E-state index is -1.09. The lowest BCUT2D eigenvalue weighted by molar-refractivity contribution is -0.285. The van der Waals surface area contributed by atoms with Crippen molar-refractivity contribution < 1.29 is 66.9 Å². The van der Waals surface area contributed by atoms with Gasteiger partial charge in [-0.05, 0) is 101 Å². The molecule has 0 aromatic rings. The summed E-state index contributed by atoms with van der Waals surface area (Å²) in [6.45, 7) is 30.4. The Labute approximate surface area is 409 Å². The maximum Gasteiger partial charge on any atom is 0.340 e. The third kappa shape index (κ3) is 14.7. The molecule has 2 saturated heterocycles. The standard InChI is InChI=1S/C26H47NO7.C26H45NO7/c2*1-15(14-28)13-26(8,30-11)22(18(4)21-19(5)23(29)34-25(6,7)33-21)32-24-17(3)20(27(9)10)12-16(2)31-24/h15-18,20,22,24,28H,12-14H2,1-11H3;14-18,20,22,24H,12-13H2,1-11H3/t2*15-,16-,17-,18+,20?,22-,24+,26-/m11/s1. The van der Waals surface area contributed by atoms with Gasteiger partial charge in [-0.1, -0.05) is 41.5 Å². The molecule has 16 atom stereocenters. The number of hydrogen-bond donors (Lipinski definition) is 1. The number of aliphatic hydroxyl groups is 1. The fourth-order valence-electron chi connectivity index (χ4n) is 10.6. The summed E-state index contributed by atoms with van der Waals surface area (Å²) in [5, 5.41) is 9.78. The third-order valence-electron chi connectivity index (χ3n) is 14.5. The Morgan fingerprint density at radius 3 is 1.34 bits per heavy atom. The smallest absolute Gasteiger partial charge is 0.340 e. The Balaban J connectivity index is 0.000000360. The van der Waals surface area contributed by atoms with E-state index < -0.39 is 59.5 Å². The zero-order valence-corrected chi connectivity index (χ0v) is 45.8. The summed E-state index contributed by atoms with van der Waals surface area (Å²) in [4.78, 5) is 41.2. The predicted molar refractivity (Wildman–Crippen MR) is 259 cm³/mol. The topological polar surface area (TPSA) is 170 Å². The molecule has 4 heterocycles. The Morgan fingerprint density at radius 1 is 0.676 bits per heavy atom. The van der Waals surface area contributed by atoms with Gasteiger partial charge in [-0.3, -0.25) is 0 Å². The van der Waals surface area contributed by atoms with Crippen LogP contribution < -0.4 is 0 Å². The molecule has 16 nitrogen and oxygen atoms in total. The maximum absolute atomic E-state index is 12.6. The first kappa shape index (κ1) is 59.6. The summed E-state index contributed by atoms with van der Waals surface area (Å²) in [7, 11) is 11.6. The SMILES string of the molecule is CO[C@](C)(C[C@@H](C)C=O)[C@H](O[C@@H]1O[C@H](C)CC(N(C)C)[C@H]1C)[C@@H](C)C1=C(C)C(=O)OC(C)(C)O1.CO[C@](C)(C[C@@H](C)CO)[C@H](O[C@@H]1O[C@H](C)CC(N(C)C)[C@H]1C)[C@@H](C)C1=C(C)C(=O)OC(C)(C)O1. The lowest BCUT2D eigenvalue weighted by atomic mass is 9.80. The minimum Gasteiger partial charge on any atom is -0.456 e. The van der Waals surface area contributed by atoms with Crippen LogP contribution in [0.3, 0.4) is 0 Å². The fourth-order valence-corrected chi connectivity index (χ4v) is 10.6. The molecule has 0 spiro atoms. The van der Waals surface area contributed by atoms with Crippen LogP contribution in [0.15, 0.2) is 22.7 Å². The highest BCUT2D eigenvalue weighted by molar-refractivity contribution is 5.89. The summed E-state index contributed by atoms with van der Waals surface area (Å²) >= 11 is 0. The molecule has 4 rings (SSSR count). The van der Waals surface area contributed by atoms with Crippen molar-refractivity contribution in [2.75, 3.05) is 49.0 Å². The lowest BCUT2D eigenvalue weighted by Crippen LogP contribution is -2.56. The Kier molecular flexibility index (Phi) is 21.2. The van der Waals surface area contributed by atoms with Crippen LogP contribution in [0.1, 0.15) is 136 Å². The number of nitrogens with zero attached hydrogens (tertiary/aromatic N) is 2. The van der Waals surface area contributed by atoms with E-state index >= 15 is 0 Å². The quantitative estimate of drug-likeness (QED) is 0.0932. The Hall–Kier alpha value is -2.67. The van der Waals surface area contributed by atoms with E-state index in [-0.39, 0.29) is 60.4 Å². The average molecular weight is 969 g/mol. The zero-order chi connectivity index (χ0) is 52.0. The van der Waals surface area contributed by atoms with Gasteiger partial charge < -0.3 is 67.1 Å². The molecule has 0 saturated carbocycles. The van der Waals surface area contributed by atoms with Crippen LogP contribution in [-0.2, 0) is 61.8 Å². The summed E-state index contributed by atoms with van der Waals surface area (Å²) < 4.78 is 61.4. The minimum absolute atomic E-state index is 0.00912. The summed E-state index contributed by atoms with van der Waals surface area (Å²) in [5.74, 6) is -2.71. The van der Waals surface area contributed by atoms with Crippen LogP contribution in [0.5, 0.6) is 0 Å². The van der Waals surface area contributed by atoms with Gasteiger partial charge in [0.1, 0.15) is 17.8 Å². The molecule has 4 aliphatic rings. The highest BCUT2D eigenvalue weighted by Crippen LogP contribution is 2.43. The molecule has 4 aliphatic heterocycles. The molecule has 2 fully saturated rings. The van der Waals surface area contributed by atoms with E-state index in [0.717, 1.165) is 19.1 Å². The van der Waals surface area contributed by atoms with Gasteiger partial charge in [0.25, 0.3) is 0 Å². The predicted octanol–water partition coefficient (Wildman–Crippen LogP) is 7.64. The van der Waals surface area contributed by atoms with Crippen molar-refractivity contribution in [1.29, 1.82) is 0 Å². The van der Waals surface area contributed by atoms with Gasteiger partial charge in [-0.15, -0.1) is 0 Å². The van der Waals surface area contributed by atoms with Gasteiger partial charge in [0.2, 0.25) is 11.6 Å². The molecule has 0 amide bonds. The molecule has 0 aliphatic carbocycles. The summed E-state index contributed by atoms with van der Waals surface area (Å²) in [5.41, 5.74) is -0.800. The van der Waals surface area contributed by atoms with Gasteiger partial charge in [-0.2, -0.15) is 0 Å². The van der Waals surface area contributed by atoms with Crippen molar-refractivity contribution >= 4 is 18.2 Å². The van der Waals surface area contributed by atoms with Crippen LogP contribution in [0.4, 0.5) is 0 Å². The molecular formula is C52H92N2O14. The van der Waals surface area contributed by atoms with E-state index in [4.69, 9.17) is 47.4 Å². The first-order valence-electron chi connectivity index (χ1n) is 24.7. The average Bonchev–Trinajstić information content (AvgIpc) is 3.25. The van der Waals surface area contributed by atoms with Crippen LogP contribution in [0.25, 0.3) is 0 Å². The molecule has 0 aromatic heterocycles. The molecule has 16 heteroatoms. The van der Waals surface area contributed by atoms with Gasteiger partial charge in [0.15, 0.2) is 12.6 Å². The second-order valence-electron chi connectivity index (χ2n) is 22.2. The molecule has 2 unspecified atom stereocenters. The number of aliphatic hydroxyl groups excluding tert-OH is 1. The van der Waals surface area contributed by atoms with Crippen LogP contribution >= 0.6 is 0 Å². The first-order chi connectivity index (χ1) is 31.3. The number of methoxy groups -OCH3 is 2. The third-order valence-corrected chi connectivity index (χ3v) is 14.5. The number of rotatable bonds is 20. The van der Waals surface area contributed by atoms with E-state index in [2.05, 4.69) is 65.7 Å². The van der Waals surface area contributed by atoms with Gasteiger partial charge in [-0.25, -0.2) is 9.59 Å². The second-order valence-corrected chi connectivity index (χ2v) is 22.2. The monoisotopic (exact) mass is 969 g/mol. The summed E-state index contributed by atoms with van der Waals surface area (Å²) in [6.07, 6.45) is 1.77. The highest BCUT2D eigenvalue weighted by atomic mass is 16.7. The zero-order valence-electron chi connectivity index (χ0n) is 45.8. The van der Waals surface area contributed by atoms with Gasteiger partial charge >= 0.3 is 11.9 Å². The normalized spacial score (nSPS) is 31.9. The number of esters is 2.